The lowest BCUT2D eigenvalue weighted by molar-refractivity contribution is 0.0951. The molecular weight excluding hydrogens is 342 g/mol. The van der Waals surface area contributed by atoms with Crippen LogP contribution in [0, 0.1) is 0 Å². The molecule has 0 bridgehead atoms. The Labute approximate surface area is 129 Å². The number of rotatable bonds is 5. The van der Waals surface area contributed by atoms with Gasteiger partial charge in [-0.25, -0.2) is 0 Å². The first-order valence-electron chi connectivity index (χ1n) is 5.87. The van der Waals surface area contributed by atoms with E-state index in [9.17, 15) is 4.79 Å². The van der Waals surface area contributed by atoms with Crippen molar-refractivity contribution in [2.75, 3.05) is 14.2 Å². The molecule has 0 saturated carbocycles. The summed E-state index contributed by atoms with van der Waals surface area (Å²) in [7, 11) is 3.11. The van der Waals surface area contributed by atoms with E-state index in [0.717, 1.165) is 9.35 Å². The highest BCUT2D eigenvalue weighted by Crippen LogP contribution is 2.27. The molecule has 20 heavy (non-hydrogen) atoms. The summed E-state index contributed by atoms with van der Waals surface area (Å²) in [5.74, 6) is 1.00. The fraction of sp³-hybridized carbons (Fsp3) is 0.214. The highest BCUT2D eigenvalue weighted by Gasteiger charge is 2.10. The predicted molar refractivity (Wildman–Crippen MR) is 82.7 cm³/mol. The van der Waals surface area contributed by atoms with Crippen LogP contribution < -0.4 is 14.8 Å². The highest BCUT2D eigenvalue weighted by molar-refractivity contribution is 9.10. The second kappa shape index (κ2) is 6.76. The van der Waals surface area contributed by atoms with E-state index in [1.807, 2.05) is 11.4 Å². The Balaban J connectivity index is 2.05. The van der Waals surface area contributed by atoms with Crippen LogP contribution in [-0.2, 0) is 6.54 Å². The zero-order chi connectivity index (χ0) is 14.5. The molecule has 0 fully saturated rings. The third kappa shape index (κ3) is 3.52. The Kier molecular flexibility index (Phi) is 5.03. The second-order valence-electron chi connectivity index (χ2n) is 3.98. The fourth-order valence-electron chi connectivity index (χ4n) is 1.69. The molecule has 1 amide bonds. The molecule has 0 unspecified atom stereocenters. The molecule has 4 nitrogen and oxygen atoms in total. The van der Waals surface area contributed by atoms with Crippen LogP contribution in [-0.4, -0.2) is 20.1 Å². The Morgan fingerprint density at radius 3 is 2.60 bits per heavy atom. The van der Waals surface area contributed by atoms with Crippen LogP contribution in [0.25, 0.3) is 0 Å². The Bertz CT molecular complexity index is 612. The van der Waals surface area contributed by atoms with Gasteiger partial charge < -0.3 is 14.8 Å². The molecule has 1 N–H and O–H groups in total. The van der Waals surface area contributed by atoms with Gasteiger partial charge in [-0.2, -0.15) is 0 Å². The number of carbonyl (C=O) groups excluding carboxylic acids is 1. The normalized spacial score (nSPS) is 10.2. The van der Waals surface area contributed by atoms with Crippen LogP contribution in [0.2, 0.25) is 0 Å². The van der Waals surface area contributed by atoms with Gasteiger partial charge in [-0.15, -0.1) is 11.3 Å². The first-order valence-corrected chi connectivity index (χ1v) is 7.54. The average Bonchev–Trinajstić information content (AvgIpc) is 2.89. The minimum absolute atomic E-state index is 0.143. The Hall–Kier alpha value is -1.53. The average molecular weight is 356 g/mol. The van der Waals surface area contributed by atoms with Gasteiger partial charge in [-0.1, -0.05) is 0 Å². The molecule has 6 heteroatoms. The van der Waals surface area contributed by atoms with Gasteiger partial charge in [0.25, 0.3) is 5.91 Å². The number of hydrogen-bond donors (Lipinski definition) is 1. The minimum Gasteiger partial charge on any atom is -0.493 e. The van der Waals surface area contributed by atoms with Crippen LogP contribution in [0.3, 0.4) is 0 Å². The molecular formula is C14H14BrNO3S. The van der Waals surface area contributed by atoms with Crippen LogP contribution in [0.5, 0.6) is 11.5 Å². The Morgan fingerprint density at radius 2 is 2.00 bits per heavy atom. The summed E-state index contributed by atoms with van der Waals surface area (Å²) in [4.78, 5) is 13.2. The van der Waals surface area contributed by atoms with Gasteiger partial charge in [0, 0.05) is 20.3 Å². The zero-order valence-electron chi connectivity index (χ0n) is 11.1. The van der Waals surface area contributed by atoms with Gasteiger partial charge in [-0.05, 0) is 40.2 Å². The SMILES string of the molecule is COc1ccc(C(=O)NCc2cc(Br)cs2)cc1OC. The van der Waals surface area contributed by atoms with E-state index in [0.29, 0.717) is 23.6 Å². The molecule has 1 heterocycles. The molecule has 2 rings (SSSR count). The number of nitrogens with one attached hydrogen (secondary N) is 1. The van der Waals surface area contributed by atoms with Crippen LogP contribution in [0.1, 0.15) is 15.2 Å². The van der Waals surface area contributed by atoms with Crippen LogP contribution in [0.4, 0.5) is 0 Å². The van der Waals surface area contributed by atoms with E-state index in [4.69, 9.17) is 9.47 Å². The third-order valence-corrected chi connectivity index (χ3v) is 4.39. The van der Waals surface area contributed by atoms with Gasteiger partial charge in [0.2, 0.25) is 0 Å². The van der Waals surface area contributed by atoms with Gasteiger partial charge in [0.05, 0.1) is 20.8 Å². The molecule has 0 aliphatic carbocycles. The Morgan fingerprint density at radius 1 is 1.25 bits per heavy atom. The summed E-state index contributed by atoms with van der Waals surface area (Å²) in [5.41, 5.74) is 0.540. The summed E-state index contributed by atoms with van der Waals surface area (Å²) in [6.07, 6.45) is 0. The number of hydrogen-bond acceptors (Lipinski definition) is 4. The molecule has 106 valence electrons. The van der Waals surface area contributed by atoms with Crippen molar-refractivity contribution in [3.8, 4) is 11.5 Å². The number of thiophene rings is 1. The van der Waals surface area contributed by atoms with Crippen LogP contribution >= 0.6 is 27.3 Å². The first kappa shape index (κ1) is 14.9. The summed E-state index contributed by atoms with van der Waals surface area (Å²) >= 11 is 4.98. The van der Waals surface area contributed by atoms with Crippen molar-refractivity contribution >= 4 is 33.2 Å². The third-order valence-electron chi connectivity index (χ3n) is 2.69. The number of ether oxygens (including phenoxy) is 2. The quantitative estimate of drug-likeness (QED) is 0.893. The van der Waals surface area contributed by atoms with Gasteiger partial charge in [0.15, 0.2) is 11.5 Å². The molecule has 0 saturated heterocycles. The summed E-state index contributed by atoms with van der Waals surface area (Å²) in [5, 5.41) is 4.86. The lowest BCUT2D eigenvalue weighted by Crippen LogP contribution is -2.22. The van der Waals surface area contributed by atoms with Crippen molar-refractivity contribution in [3.05, 3.63) is 44.6 Å². The van der Waals surface area contributed by atoms with Crippen molar-refractivity contribution in [2.24, 2.45) is 0 Å². The van der Waals surface area contributed by atoms with E-state index in [1.165, 1.54) is 0 Å². The molecule has 2 aromatic rings. The number of halogens is 1. The van der Waals surface area contributed by atoms with E-state index >= 15 is 0 Å². The molecule has 0 radical (unpaired) electrons. The van der Waals surface area contributed by atoms with Gasteiger partial charge >= 0.3 is 0 Å². The highest BCUT2D eigenvalue weighted by atomic mass is 79.9. The summed E-state index contributed by atoms with van der Waals surface area (Å²) in [6, 6.07) is 7.08. The van der Waals surface area contributed by atoms with E-state index < -0.39 is 0 Å². The predicted octanol–water partition coefficient (Wildman–Crippen LogP) is 3.46. The van der Waals surface area contributed by atoms with Crippen molar-refractivity contribution in [1.82, 2.24) is 5.32 Å². The number of methoxy groups -OCH3 is 2. The number of carbonyl (C=O) groups is 1. The molecule has 0 aliphatic rings. The standard InChI is InChI=1S/C14H14BrNO3S/c1-18-12-4-3-9(5-13(12)19-2)14(17)16-7-11-6-10(15)8-20-11/h3-6,8H,7H2,1-2H3,(H,16,17). The smallest absolute Gasteiger partial charge is 0.251 e. The summed E-state index contributed by atoms with van der Waals surface area (Å²) < 4.78 is 11.4. The van der Waals surface area contributed by atoms with E-state index in [1.54, 1.807) is 43.8 Å². The lowest BCUT2D eigenvalue weighted by atomic mass is 10.2. The van der Waals surface area contributed by atoms with Crippen molar-refractivity contribution < 1.29 is 14.3 Å². The van der Waals surface area contributed by atoms with Gasteiger partial charge in [0.1, 0.15) is 0 Å². The summed E-state index contributed by atoms with van der Waals surface area (Å²) in [6.45, 7) is 0.503. The molecule has 0 spiro atoms. The maximum absolute atomic E-state index is 12.1. The van der Waals surface area contributed by atoms with Crippen molar-refractivity contribution in [3.63, 3.8) is 0 Å². The lowest BCUT2D eigenvalue weighted by Gasteiger charge is -2.09. The van der Waals surface area contributed by atoms with Crippen LogP contribution in [0.15, 0.2) is 34.1 Å². The maximum atomic E-state index is 12.1. The monoisotopic (exact) mass is 355 g/mol. The zero-order valence-corrected chi connectivity index (χ0v) is 13.5. The van der Waals surface area contributed by atoms with E-state index in [2.05, 4.69) is 21.2 Å². The largest absolute Gasteiger partial charge is 0.493 e. The van der Waals surface area contributed by atoms with Crippen molar-refractivity contribution in [2.45, 2.75) is 6.54 Å². The number of benzene rings is 1. The van der Waals surface area contributed by atoms with Gasteiger partial charge in [-0.3, -0.25) is 4.79 Å². The topological polar surface area (TPSA) is 47.6 Å². The maximum Gasteiger partial charge on any atom is 0.251 e. The van der Waals surface area contributed by atoms with E-state index in [-0.39, 0.29) is 5.91 Å². The number of amides is 1. The molecule has 1 aromatic carbocycles. The molecule has 0 atom stereocenters. The second-order valence-corrected chi connectivity index (χ2v) is 5.90. The molecule has 1 aromatic heterocycles. The van der Waals surface area contributed by atoms with Crippen molar-refractivity contribution in [1.29, 1.82) is 0 Å². The first-order chi connectivity index (χ1) is 9.63. The molecule has 0 aliphatic heterocycles. The fourth-order valence-corrected chi connectivity index (χ4v) is 3.08. The minimum atomic E-state index is -0.143.